The van der Waals surface area contributed by atoms with Gasteiger partial charge in [0.05, 0.1) is 10.5 Å². The molecule has 1 aromatic carbocycles. The molecular formula is C17H16Cl2N2O5. The van der Waals surface area contributed by atoms with Crippen molar-refractivity contribution in [3.63, 3.8) is 0 Å². The second-order valence-electron chi connectivity index (χ2n) is 6.14. The van der Waals surface area contributed by atoms with E-state index in [-0.39, 0.29) is 28.7 Å². The fraction of sp³-hybridized carbons (Fsp3) is 0.353. The number of halogens is 2. The van der Waals surface area contributed by atoms with Crippen molar-refractivity contribution in [1.29, 1.82) is 0 Å². The van der Waals surface area contributed by atoms with Gasteiger partial charge in [-0.3, -0.25) is 14.9 Å². The first-order valence-electron chi connectivity index (χ1n) is 7.68. The Labute approximate surface area is 159 Å². The summed E-state index contributed by atoms with van der Waals surface area (Å²) in [6.07, 6.45) is 1.32. The number of hydrogen-bond acceptors (Lipinski definition) is 6. The minimum atomic E-state index is -1.39. The molecule has 2 atom stereocenters. The number of benzene rings is 1. The molecule has 2 rings (SSSR count). The van der Waals surface area contributed by atoms with Gasteiger partial charge in [-0.1, -0.05) is 19.0 Å². The highest BCUT2D eigenvalue weighted by Gasteiger charge is 2.50. The number of hydrogen-bond donors (Lipinski definition) is 0. The topological polar surface area (TPSA) is 98.9 Å². The van der Waals surface area contributed by atoms with Crippen LogP contribution in [-0.2, 0) is 9.63 Å². The van der Waals surface area contributed by atoms with E-state index in [1.54, 1.807) is 20.8 Å². The number of nitro groups is 1. The maximum Gasteiger partial charge on any atom is 0.365 e. The van der Waals surface area contributed by atoms with Crippen molar-refractivity contribution < 1.29 is 19.3 Å². The third-order valence-electron chi connectivity index (χ3n) is 4.12. The summed E-state index contributed by atoms with van der Waals surface area (Å²) in [5.41, 5.74) is 0.566. The van der Waals surface area contributed by atoms with Gasteiger partial charge in [0.2, 0.25) is 0 Å². The van der Waals surface area contributed by atoms with Crippen LogP contribution in [0.15, 0.2) is 41.1 Å². The fourth-order valence-electron chi connectivity index (χ4n) is 2.46. The first-order valence-corrected chi connectivity index (χ1v) is 8.50. The molecule has 0 aliphatic heterocycles. The van der Waals surface area contributed by atoms with Crippen LogP contribution in [0.3, 0.4) is 0 Å². The van der Waals surface area contributed by atoms with E-state index >= 15 is 0 Å². The number of carbonyl (C=O) groups excluding carboxylic acids is 2. The zero-order valence-electron chi connectivity index (χ0n) is 14.2. The van der Waals surface area contributed by atoms with E-state index in [4.69, 9.17) is 28.0 Å². The minimum absolute atomic E-state index is 0.0839. The average Bonchev–Trinajstić information content (AvgIpc) is 2.59. The van der Waals surface area contributed by atoms with Gasteiger partial charge in [-0.15, -0.1) is 23.2 Å². The summed E-state index contributed by atoms with van der Waals surface area (Å²) in [5.74, 6) is -1.42. The lowest BCUT2D eigenvalue weighted by molar-refractivity contribution is -0.384. The Morgan fingerprint density at radius 1 is 1.35 bits per heavy atom. The molecule has 0 fully saturated rings. The minimum Gasteiger partial charge on any atom is -0.312 e. The summed E-state index contributed by atoms with van der Waals surface area (Å²) in [6.45, 7) is 5.13. The van der Waals surface area contributed by atoms with Crippen molar-refractivity contribution in [2.45, 2.75) is 31.0 Å². The normalized spacial score (nSPS) is 24.5. The predicted molar refractivity (Wildman–Crippen MR) is 97.8 cm³/mol. The number of carbonyl (C=O) groups is 2. The third kappa shape index (κ3) is 3.64. The highest BCUT2D eigenvalue weighted by atomic mass is 35.5. The predicted octanol–water partition coefficient (Wildman–Crippen LogP) is 3.88. The van der Waals surface area contributed by atoms with Gasteiger partial charge in [-0.2, -0.15) is 0 Å². The Bertz CT molecular complexity index is 817. The van der Waals surface area contributed by atoms with Gasteiger partial charge < -0.3 is 4.84 Å². The SMILES string of the molecule is CC1=CC(=O)C(Cl)(C(C)C)C(Cl)/C1=N\OC(=O)c1ccc([N+](=O)[O-])cc1. The summed E-state index contributed by atoms with van der Waals surface area (Å²) in [5, 5.41) is 13.4. The molecule has 9 heteroatoms. The van der Waals surface area contributed by atoms with E-state index in [9.17, 15) is 19.7 Å². The molecule has 0 saturated carbocycles. The molecule has 0 N–H and O–H groups in total. The first-order chi connectivity index (χ1) is 12.1. The molecule has 1 aliphatic carbocycles. The Morgan fingerprint density at radius 2 is 1.92 bits per heavy atom. The van der Waals surface area contributed by atoms with E-state index in [1.807, 2.05) is 0 Å². The van der Waals surface area contributed by atoms with Crippen LogP contribution >= 0.6 is 23.2 Å². The zero-order chi connectivity index (χ0) is 19.6. The van der Waals surface area contributed by atoms with Gasteiger partial charge in [-0.25, -0.2) is 4.79 Å². The lowest BCUT2D eigenvalue weighted by Crippen LogP contribution is -2.52. The molecule has 7 nitrogen and oxygen atoms in total. The first kappa shape index (κ1) is 20.1. The summed E-state index contributed by atoms with van der Waals surface area (Å²) in [6, 6.07) is 4.87. The van der Waals surface area contributed by atoms with Crippen LogP contribution in [-0.4, -0.2) is 32.6 Å². The molecule has 0 aromatic heterocycles. The van der Waals surface area contributed by atoms with Gasteiger partial charge >= 0.3 is 5.97 Å². The second kappa shape index (κ2) is 7.55. The van der Waals surface area contributed by atoms with Crippen molar-refractivity contribution in [2.24, 2.45) is 11.1 Å². The molecule has 1 aliphatic rings. The number of nitro benzene ring substituents is 1. The molecule has 0 radical (unpaired) electrons. The van der Waals surface area contributed by atoms with Crippen LogP contribution in [0, 0.1) is 16.0 Å². The van der Waals surface area contributed by atoms with E-state index in [0.717, 1.165) is 0 Å². The smallest absolute Gasteiger partial charge is 0.312 e. The van der Waals surface area contributed by atoms with E-state index in [2.05, 4.69) is 5.16 Å². The average molecular weight is 399 g/mol. The second-order valence-corrected chi connectivity index (χ2v) is 7.20. The summed E-state index contributed by atoms with van der Waals surface area (Å²) >= 11 is 12.8. The number of rotatable bonds is 4. The van der Waals surface area contributed by atoms with Crippen LogP contribution in [0.5, 0.6) is 0 Å². The Balaban J connectivity index is 2.25. The number of non-ortho nitro benzene ring substituents is 1. The Morgan fingerprint density at radius 3 is 2.42 bits per heavy atom. The highest BCUT2D eigenvalue weighted by molar-refractivity contribution is 6.51. The maximum absolute atomic E-state index is 12.3. The molecule has 0 amide bonds. The molecule has 138 valence electrons. The van der Waals surface area contributed by atoms with Gasteiger partial charge in [0, 0.05) is 12.1 Å². The molecule has 0 saturated heterocycles. The van der Waals surface area contributed by atoms with Gasteiger partial charge in [-0.05, 0) is 36.6 Å². The van der Waals surface area contributed by atoms with E-state index in [0.29, 0.717) is 5.57 Å². The van der Waals surface area contributed by atoms with Gasteiger partial charge in [0.1, 0.15) is 16.0 Å². The Hall–Kier alpha value is -2.25. The number of ketones is 1. The van der Waals surface area contributed by atoms with Crippen LogP contribution in [0.2, 0.25) is 0 Å². The van der Waals surface area contributed by atoms with Crippen molar-refractivity contribution >= 4 is 46.4 Å². The largest absolute Gasteiger partial charge is 0.365 e. The van der Waals surface area contributed by atoms with Crippen LogP contribution in [0.1, 0.15) is 31.1 Å². The van der Waals surface area contributed by atoms with Gasteiger partial charge in [0.25, 0.3) is 5.69 Å². The standard InChI is InChI=1S/C17H16Cl2N2O5/c1-9(2)17(19)13(22)8-10(3)14(15(17)18)20-26-16(23)11-4-6-12(7-5-11)21(24)25/h4-9,15H,1-3H3/b20-14-. The monoisotopic (exact) mass is 398 g/mol. The molecule has 0 heterocycles. The van der Waals surface area contributed by atoms with Crippen LogP contribution in [0.25, 0.3) is 0 Å². The van der Waals surface area contributed by atoms with Crippen LogP contribution in [0.4, 0.5) is 5.69 Å². The lowest BCUT2D eigenvalue weighted by Gasteiger charge is -2.36. The van der Waals surface area contributed by atoms with Crippen molar-refractivity contribution in [2.75, 3.05) is 0 Å². The molecule has 0 bridgehead atoms. The number of allylic oxidation sites excluding steroid dienone is 2. The summed E-state index contributed by atoms with van der Waals surface area (Å²) < 4.78 is 0. The van der Waals surface area contributed by atoms with E-state index < -0.39 is 21.1 Å². The van der Waals surface area contributed by atoms with Crippen molar-refractivity contribution in [1.82, 2.24) is 0 Å². The quantitative estimate of drug-likeness (QED) is 0.331. The third-order valence-corrected chi connectivity index (χ3v) is 5.62. The molecule has 26 heavy (non-hydrogen) atoms. The zero-order valence-corrected chi connectivity index (χ0v) is 15.7. The summed E-state index contributed by atoms with van der Waals surface area (Å²) in [7, 11) is 0. The maximum atomic E-state index is 12.3. The van der Waals surface area contributed by atoms with Crippen molar-refractivity contribution in [3.8, 4) is 0 Å². The molecule has 1 aromatic rings. The molecule has 0 spiro atoms. The fourth-order valence-corrected chi connectivity index (χ4v) is 3.19. The number of oxime groups is 1. The van der Waals surface area contributed by atoms with E-state index in [1.165, 1.54) is 30.3 Å². The highest BCUT2D eigenvalue weighted by Crippen LogP contribution is 2.39. The molecular weight excluding hydrogens is 383 g/mol. The molecule has 2 unspecified atom stereocenters. The Kier molecular flexibility index (Phi) is 5.83. The number of nitrogens with zero attached hydrogens (tertiary/aromatic N) is 2. The van der Waals surface area contributed by atoms with Gasteiger partial charge in [0.15, 0.2) is 5.78 Å². The lowest BCUT2D eigenvalue weighted by atomic mass is 9.79. The number of alkyl halides is 2. The van der Waals surface area contributed by atoms with Crippen LogP contribution < -0.4 is 0 Å². The summed E-state index contributed by atoms with van der Waals surface area (Å²) in [4.78, 5) is 37.9. The van der Waals surface area contributed by atoms with Crippen molar-refractivity contribution in [3.05, 3.63) is 51.6 Å².